The summed E-state index contributed by atoms with van der Waals surface area (Å²) in [6.07, 6.45) is 6.55. The van der Waals surface area contributed by atoms with Crippen LogP contribution in [-0.4, -0.2) is 21.7 Å². The van der Waals surface area contributed by atoms with E-state index in [9.17, 15) is 5.11 Å². The van der Waals surface area contributed by atoms with Crippen LogP contribution in [0.25, 0.3) is 11.3 Å². The number of aliphatic hydroxyl groups is 1. The average Bonchev–Trinajstić information content (AvgIpc) is 3.01. The summed E-state index contributed by atoms with van der Waals surface area (Å²) in [5.74, 6) is 0.353. The molecule has 0 saturated carbocycles. The van der Waals surface area contributed by atoms with E-state index in [-0.39, 0.29) is 6.61 Å². The Morgan fingerprint density at radius 2 is 1.92 bits per heavy atom. The topological polar surface area (TPSA) is 60.9 Å². The third-order valence-corrected chi connectivity index (χ3v) is 4.76. The third kappa shape index (κ3) is 2.81. The lowest BCUT2D eigenvalue weighted by atomic mass is 9.88. The summed E-state index contributed by atoms with van der Waals surface area (Å²) in [7, 11) is 0. The molecule has 0 fully saturated rings. The molecule has 4 nitrogen and oxygen atoms in total. The molecule has 2 heterocycles. The van der Waals surface area contributed by atoms with Gasteiger partial charge in [-0.15, -0.1) is 0 Å². The van der Waals surface area contributed by atoms with Gasteiger partial charge in [-0.25, -0.2) is 0 Å². The Morgan fingerprint density at radius 3 is 2.67 bits per heavy atom. The molecule has 0 spiro atoms. The molecular weight excluding hydrogens is 298 g/mol. The summed E-state index contributed by atoms with van der Waals surface area (Å²) in [6.45, 7) is 0.254. The van der Waals surface area contributed by atoms with Crippen molar-refractivity contribution in [1.82, 2.24) is 9.97 Å². The molecule has 0 saturated heterocycles. The molecule has 2 aromatic heterocycles. The molecule has 0 bridgehead atoms. The number of nitrogens with zero attached hydrogens (tertiary/aromatic N) is 1. The van der Waals surface area contributed by atoms with Gasteiger partial charge < -0.3 is 15.4 Å². The van der Waals surface area contributed by atoms with E-state index in [0.29, 0.717) is 5.92 Å². The van der Waals surface area contributed by atoms with Crippen molar-refractivity contribution in [2.45, 2.75) is 19.3 Å². The van der Waals surface area contributed by atoms with Crippen molar-refractivity contribution < 1.29 is 5.11 Å². The molecule has 1 aliphatic carbocycles. The van der Waals surface area contributed by atoms with Crippen molar-refractivity contribution in [2.24, 2.45) is 5.92 Å². The number of para-hydroxylation sites is 1. The van der Waals surface area contributed by atoms with Crippen LogP contribution in [0.4, 0.5) is 11.4 Å². The van der Waals surface area contributed by atoms with E-state index < -0.39 is 0 Å². The number of aromatic nitrogens is 2. The van der Waals surface area contributed by atoms with Gasteiger partial charge in [0.1, 0.15) is 0 Å². The van der Waals surface area contributed by atoms with Gasteiger partial charge in [0.15, 0.2) is 0 Å². The maximum atomic E-state index is 9.51. The van der Waals surface area contributed by atoms with E-state index in [1.165, 1.54) is 11.3 Å². The van der Waals surface area contributed by atoms with E-state index >= 15 is 0 Å². The summed E-state index contributed by atoms with van der Waals surface area (Å²) in [4.78, 5) is 7.73. The number of nitrogens with one attached hydrogen (secondary N) is 2. The molecule has 4 heteroatoms. The Morgan fingerprint density at radius 1 is 1.12 bits per heavy atom. The smallest absolute Gasteiger partial charge is 0.0699 e. The van der Waals surface area contributed by atoms with Crippen LogP contribution in [0, 0.1) is 5.92 Å². The quantitative estimate of drug-likeness (QED) is 0.683. The highest BCUT2D eigenvalue weighted by Gasteiger charge is 2.25. The lowest BCUT2D eigenvalue weighted by Gasteiger charge is -2.21. The molecule has 1 atom stereocenters. The fraction of sp³-hybridized carbons (Fsp3) is 0.250. The predicted octanol–water partition coefficient (Wildman–Crippen LogP) is 3.92. The minimum atomic E-state index is 0.254. The zero-order chi connectivity index (χ0) is 16.4. The summed E-state index contributed by atoms with van der Waals surface area (Å²) in [6, 6.07) is 14.3. The highest BCUT2D eigenvalue weighted by atomic mass is 16.3. The first kappa shape index (κ1) is 15.0. The molecular formula is C20H21N3O. The number of hydrogen-bond donors (Lipinski definition) is 3. The number of anilines is 2. The van der Waals surface area contributed by atoms with Crippen molar-refractivity contribution >= 4 is 11.4 Å². The van der Waals surface area contributed by atoms with Gasteiger partial charge in [-0.1, -0.05) is 18.2 Å². The van der Waals surface area contributed by atoms with Crippen LogP contribution >= 0.6 is 0 Å². The monoisotopic (exact) mass is 319 g/mol. The minimum absolute atomic E-state index is 0.254. The van der Waals surface area contributed by atoms with Crippen LogP contribution in [0.2, 0.25) is 0 Å². The first-order valence-corrected chi connectivity index (χ1v) is 8.42. The van der Waals surface area contributed by atoms with E-state index in [4.69, 9.17) is 0 Å². The third-order valence-electron chi connectivity index (χ3n) is 4.76. The fourth-order valence-corrected chi connectivity index (χ4v) is 3.47. The number of pyridine rings is 1. The number of aliphatic hydroxyl groups excluding tert-OH is 1. The molecule has 3 N–H and O–H groups in total. The molecule has 0 aliphatic heterocycles. The molecule has 24 heavy (non-hydrogen) atoms. The lowest BCUT2D eigenvalue weighted by molar-refractivity contribution is 0.212. The Kier molecular flexibility index (Phi) is 4.05. The Hall–Kier alpha value is -2.59. The largest absolute Gasteiger partial charge is 0.396 e. The SMILES string of the molecule is OCC1CCc2c([nH]c(-c3ccncc3)c2Nc2ccccc2)C1. The number of H-pyrrole nitrogens is 1. The molecule has 0 amide bonds. The average molecular weight is 319 g/mol. The zero-order valence-electron chi connectivity index (χ0n) is 13.5. The number of benzene rings is 1. The summed E-state index contributed by atoms with van der Waals surface area (Å²) in [5.41, 5.74) is 7.04. The van der Waals surface area contributed by atoms with Crippen molar-refractivity contribution in [3.63, 3.8) is 0 Å². The fourth-order valence-electron chi connectivity index (χ4n) is 3.47. The van der Waals surface area contributed by atoms with Gasteiger partial charge >= 0.3 is 0 Å². The highest BCUT2D eigenvalue weighted by Crippen LogP contribution is 2.39. The van der Waals surface area contributed by atoms with Gasteiger partial charge in [-0.2, -0.15) is 0 Å². The second kappa shape index (κ2) is 6.49. The number of hydrogen-bond acceptors (Lipinski definition) is 3. The van der Waals surface area contributed by atoms with Crippen LogP contribution in [0.1, 0.15) is 17.7 Å². The summed E-state index contributed by atoms with van der Waals surface area (Å²) in [5, 5.41) is 13.1. The van der Waals surface area contributed by atoms with Gasteiger partial charge in [-0.3, -0.25) is 4.98 Å². The lowest BCUT2D eigenvalue weighted by Crippen LogP contribution is -2.17. The van der Waals surface area contributed by atoms with Crippen molar-refractivity contribution in [2.75, 3.05) is 11.9 Å². The van der Waals surface area contributed by atoms with E-state index in [0.717, 1.165) is 41.9 Å². The molecule has 4 rings (SSSR count). The van der Waals surface area contributed by atoms with Crippen LogP contribution < -0.4 is 5.32 Å². The van der Waals surface area contributed by atoms with Crippen molar-refractivity contribution in [3.05, 3.63) is 66.1 Å². The van der Waals surface area contributed by atoms with E-state index in [2.05, 4.69) is 27.4 Å². The van der Waals surface area contributed by atoms with Crippen molar-refractivity contribution in [3.8, 4) is 11.3 Å². The van der Waals surface area contributed by atoms with Crippen molar-refractivity contribution in [1.29, 1.82) is 0 Å². The van der Waals surface area contributed by atoms with E-state index in [1.54, 1.807) is 0 Å². The van der Waals surface area contributed by atoms with Gasteiger partial charge in [0.25, 0.3) is 0 Å². The molecule has 122 valence electrons. The highest BCUT2D eigenvalue weighted by molar-refractivity contribution is 5.82. The molecule has 3 aromatic rings. The van der Waals surface area contributed by atoms with Gasteiger partial charge in [0.2, 0.25) is 0 Å². The Balaban J connectivity index is 1.79. The number of aromatic amines is 1. The molecule has 1 aromatic carbocycles. The summed E-state index contributed by atoms with van der Waals surface area (Å²) >= 11 is 0. The van der Waals surface area contributed by atoms with Gasteiger partial charge in [0.05, 0.1) is 11.4 Å². The first-order valence-electron chi connectivity index (χ1n) is 8.42. The van der Waals surface area contributed by atoms with E-state index in [1.807, 2.05) is 42.7 Å². The van der Waals surface area contributed by atoms with Crippen LogP contribution in [0.15, 0.2) is 54.9 Å². The van der Waals surface area contributed by atoms with Crippen LogP contribution in [0.5, 0.6) is 0 Å². The van der Waals surface area contributed by atoms with Gasteiger partial charge in [-0.05, 0) is 55.0 Å². The normalized spacial score (nSPS) is 16.6. The second-order valence-corrected chi connectivity index (χ2v) is 6.35. The summed E-state index contributed by atoms with van der Waals surface area (Å²) < 4.78 is 0. The van der Waals surface area contributed by atoms with Crippen LogP contribution in [-0.2, 0) is 12.8 Å². The second-order valence-electron chi connectivity index (χ2n) is 6.35. The minimum Gasteiger partial charge on any atom is -0.396 e. The Labute approximate surface area is 141 Å². The number of rotatable bonds is 4. The standard InChI is InChI=1S/C20H21N3O/c24-13-14-6-7-17-18(12-14)23-19(15-8-10-21-11-9-15)20(17)22-16-4-2-1-3-5-16/h1-5,8-11,14,22-24H,6-7,12-13H2. The first-order chi connectivity index (χ1) is 11.8. The maximum Gasteiger partial charge on any atom is 0.0699 e. The molecule has 0 radical (unpaired) electrons. The Bertz CT molecular complexity index is 812. The molecule has 1 aliphatic rings. The van der Waals surface area contributed by atoms with Crippen LogP contribution in [0.3, 0.4) is 0 Å². The number of fused-ring (bicyclic) bond motifs is 1. The predicted molar refractivity (Wildman–Crippen MR) is 96.3 cm³/mol. The zero-order valence-corrected chi connectivity index (χ0v) is 13.5. The molecule has 1 unspecified atom stereocenters. The van der Waals surface area contributed by atoms with Gasteiger partial charge in [0, 0.05) is 35.9 Å². The maximum absolute atomic E-state index is 9.51.